The number of hydrogen-bond acceptors (Lipinski definition) is 2. The maximum absolute atomic E-state index is 13.3. The summed E-state index contributed by atoms with van der Waals surface area (Å²) in [5, 5.41) is 1.11. The number of nitrogens with two attached hydrogens (primary N) is 1. The first-order chi connectivity index (χ1) is 10.1. The molecule has 3 aromatic rings. The van der Waals surface area contributed by atoms with E-state index in [4.69, 9.17) is 5.73 Å². The monoisotopic (exact) mass is 344 g/mol. The van der Waals surface area contributed by atoms with Crippen LogP contribution in [-0.2, 0) is 6.42 Å². The molecule has 1 unspecified atom stereocenters. The third kappa shape index (κ3) is 2.96. The van der Waals surface area contributed by atoms with E-state index < -0.39 is 0 Å². The van der Waals surface area contributed by atoms with E-state index >= 15 is 0 Å². The van der Waals surface area contributed by atoms with E-state index in [2.05, 4.69) is 20.9 Å². The fourth-order valence-electron chi connectivity index (χ4n) is 2.43. The van der Waals surface area contributed by atoms with Gasteiger partial charge in [0.1, 0.15) is 5.82 Å². The Morgan fingerprint density at radius 2 is 1.95 bits per heavy atom. The van der Waals surface area contributed by atoms with Gasteiger partial charge in [0.2, 0.25) is 0 Å². The molecule has 1 atom stereocenters. The molecule has 0 aliphatic carbocycles. The van der Waals surface area contributed by atoms with Crippen LogP contribution < -0.4 is 5.73 Å². The first-order valence-corrected chi connectivity index (χ1v) is 7.47. The molecule has 2 nitrogen and oxygen atoms in total. The van der Waals surface area contributed by atoms with Crippen LogP contribution in [0.5, 0.6) is 0 Å². The molecule has 4 heteroatoms. The number of nitrogens with zero attached hydrogens (tertiary/aromatic N) is 1. The molecule has 106 valence electrons. The summed E-state index contributed by atoms with van der Waals surface area (Å²) >= 11 is 3.20. The van der Waals surface area contributed by atoms with Crippen molar-refractivity contribution in [1.82, 2.24) is 4.98 Å². The van der Waals surface area contributed by atoms with Crippen molar-refractivity contribution in [1.29, 1.82) is 0 Å². The van der Waals surface area contributed by atoms with Gasteiger partial charge >= 0.3 is 0 Å². The van der Waals surface area contributed by atoms with E-state index in [1.54, 1.807) is 18.3 Å². The lowest BCUT2D eigenvalue weighted by molar-refractivity contribution is 0.617. The Kier molecular flexibility index (Phi) is 3.99. The Morgan fingerprint density at radius 3 is 2.76 bits per heavy atom. The second kappa shape index (κ2) is 5.92. The summed E-state index contributed by atoms with van der Waals surface area (Å²) in [6, 6.07) is 14.7. The number of benzene rings is 2. The van der Waals surface area contributed by atoms with Crippen LogP contribution in [0.15, 0.2) is 59.2 Å². The average molecular weight is 345 g/mol. The molecule has 3 rings (SSSR count). The minimum atomic E-state index is -0.277. The molecule has 0 spiro atoms. The summed E-state index contributed by atoms with van der Waals surface area (Å²) in [5.74, 6) is -0.277. The highest BCUT2D eigenvalue weighted by Gasteiger charge is 2.11. The molecule has 0 radical (unpaired) electrons. The summed E-state index contributed by atoms with van der Waals surface area (Å²) in [6.45, 7) is 0. The molecule has 1 aromatic heterocycles. The molecule has 0 aliphatic heterocycles. The fraction of sp³-hybridized carbons (Fsp3) is 0.118. The number of halogens is 2. The van der Waals surface area contributed by atoms with Crippen molar-refractivity contribution in [3.8, 4) is 0 Å². The molecule has 2 N–H and O–H groups in total. The van der Waals surface area contributed by atoms with Crippen molar-refractivity contribution < 1.29 is 4.39 Å². The summed E-state index contributed by atoms with van der Waals surface area (Å²) in [4.78, 5) is 4.35. The van der Waals surface area contributed by atoms with Gasteiger partial charge in [0.15, 0.2) is 0 Å². The number of fused-ring (bicyclic) bond motifs is 1. The van der Waals surface area contributed by atoms with Crippen LogP contribution in [0.4, 0.5) is 4.39 Å². The molecular formula is C17H14BrFN2. The fourth-order valence-corrected chi connectivity index (χ4v) is 2.83. The van der Waals surface area contributed by atoms with Gasteiger partial charge in [-0.2, -0.15) is 0 Å². The SMILES string of the molecule is NC(Cc1ccnc2ccccc12)c1ccc(F)c(Br)c1. The maximum Gasteiger partial charge on any atom is 0.137 e. The normalized spacial score (nSPS) is 12.5. The molecule has 0 aliphatic rings. The molecule has 0 fully saturated rings. The number of hydrogen-bond donors (Lipinski definition) is 1. The second-order valence-corrected chi connectivity index (χ2v) is 5.83. The minimum absolute atomic E-state index is 0.187. The third-order valence-electron chi connectivity index (χ3n) is 3.55. The number of para-hydroxylation sites is 1. The highest BCUT2D eigenvalue weighted by atomic mass is 79.9. The second-order valence-electron chi connectivity index (χ2n) is 4.97. The zero-order valence-corrected chi connectivity index (χ0v) is 12.8. The Hall–Kier alpha value is -1.78. The van der Waals surface area contributed by atoms with Crippen LogP contribution in [0.25, 0.3) is 10.9 Å². The average Bonchev–Trinajstić information content (AvgIpc) is 2.50. The summed E-state index contributed by atoms with van der Waals surface area (Å²) in [6.07, 6.45) is 2.48. The van der Waals surface area contributed by atoms with E-state index in [9.17, 15) is 4.39 Å². The Balaban J connectivity index is 1.92. The van der Waals surface area contributed by atoms with Gasteiger partial charge in [0.05, 0.1) is 9.99 Å². The molecular weight excluding hydrogens is 331 g/mol. The van der Waals surface area contributed by atoms with E-state index in [0.717, 1.165) is 22.0 Å². The molecule has 0 saturated carbocycles. The lowest BCUT2D eigenvalue weighted by Gasteiger charge is -2.14. The van der Waals surface area contributed by atoms with E-state index in [1.807, 2.05) is 30.3 Å². The molecule has 2 aromatic carbocycles. The van der Waals surface area contributed by atoms with Gasteiger partial charge in [-0.3, -0.25) is 4.98 Å². The van der Waals surface area contributed by atoms with Crippen molar-refractivity contribution in [3.63, 3.8) is 0 Å². The highest BCUT2D eigenvalue weighted by molar-refractivity contribution is 9.10. The molecule has 1 heterocycles. The van der Waals surface area contributed by atoms with Gasteiger partial charge in [0.25, 0.3) is 0 Å². The van der Waals surface area contributed by atoms with E-state index in [1.165, 1.54) is 6.07 Å². The van der Waals surface area contributed by atoms with Crippen LogP contribution >= 0.6 is 15.9 Å². The van der Waals surface area contributed by atoms with Crippen molar-refractivity contribution in [2.75, 3.05) is 0 Å². The number of aromatic nitrogens is 1. The van der Waals surface area contributed by atoms with Crippen LogP contribution in [0.3, 0.4) is 0 Å². The van der Waals surface area contributed by atoms with Gasteiger partial charge in [0, 0.05) is 17.6 Å². The summed E-state index contributed by atoms with van der Waals surface area (Å²) in [7, 11) is 0. The topological polar surface area (TPSA) is 38.9 Å². The lowest BCUT2D eigenvalue weighted by Crippen LogP contribution is -2.13. The first-order valence-electron chi connectivity index (χ1n) is 6.68. The van der Waals surface area contributed by atoms with Crippen LogP contribution in [0.2, 0.25) is 0 Å². The standard InChI is InChI=1S/C17H14BrFN2/c18-14-9-12(5-6-15(14)19)16(20)10-11-7-8-21-17-4-2-1-3-13(11)17/h1-9,16H,10,20H2. The lowest BCUT2D eigenvalue weighted by atomic mass is 9.97. The Labute approximate surface area is 130 Å². The van der Waals surface area contributed by atoms with E-state index in [0.29, 0.717) is 10.9 Å². The van der Waals surface area contributed by atoms with Crippen molar-refractivity contribution in [3.05, 3.63) is 76.1 Å². The van der Waals surface area contributed by atoms with Gasteiger partial charge in [-0.15, -0.1) is 0 Å². The van der Waals surface area contributed by atoms with Crippen molar-refractivity contribution in [2.45, 2.75) is 12.5 Å². The van der Waals surface area contributed by atoms with Crippen LogP contribution in [-0.4, -0.2) is 4.98 Å². The quantitative estimate of drug-likeness (QED) is 0.765. The molecule has 0 saturated heterocycles. The molecule has 0 amide bonds. The van der Waals surface area contributed by atoms with Crippen molar-refractivity contribution in [2.24, 2.45) is 5.73 Å². The minimum Gasteiger partial charge on any atom is -0.324 e. The zero-order valence-electron chi connectivity index (χ0n) is 11.3. The Bertz CT molecular complexity index is 783. The van der Waals surface area contributed by atoms with Crippen LogP contribution in [0, 0.1) is 5.82 Å². The van der Waals surface area contributed by atoms with Crippen LogP contribution in [0.1, 0.15) is 17.2 Å². The summed E-state index contributed by atoms with van der Waals surface area (Å²) in [5.41, 5.74) is 9.29. The smallest absolute Gasteiger partial charge is 0.137 e. The molecule has 0 bridgehead atoms. The van der Waals surface area contributed by atoms with Gasteiger partial charge < -0.3 is 5.73 Å². The van der Waals surface area contributed by atoms with E-state index in [-0.39, 0.29) is 11.9 Å². The number of pyridine rings is 1. The highest BCUT2D eigenvalue weighted by Crippen LogP contribution is 2.25. The summed E-state index contributed by atoms with van der Waals surface area (Å²) < 4.78 is 13.7. The van der Waals surface area contributed by atoms with Gasteiger partial charge in [-0.25, -0.2) is 4.39 Å². The predicted molar refractivity (Wildman–Crippen MR) is 86.5 cm³/mol. The largest absolute Gasteiger partial charge is 0.324 e. The first kappa shape index (κ1) is 14.2. The zero-order chi connectivity index (χ0) is 14.8. The van der Waals surface area contributed by atoms with Gasteiger partial charge in [-0.1, -0.05) is 24.3 Å². The molecule has 21 heavy (non-hydrogen) atoms. The predicted octanol–water partition coefficient (Wildman–Crippen LogP) is 4.38. The maximum atomic E-state index is 13.3. The Morgan fingerprint density at radius 1 is 1.14 bits per heavy atom. The van der Waals surface area contributed by atoms with Crippen molar-refractivity contribution >= 4 is 26.8 Å². The number of rotatable bonds is 3. The third-order valence-corrected chi connectivity index (χ3v) is 4.16. The van der Waals surface area contributed by atoms with Gasteiger partial charge in [-0.05, 0) is 57.7 Å².